The monoisotopic (exact) mass is 687 g/mol. The van der Waals surface area contributed by atoms with E-state index in [1.165, 1.54) is 154 Å². The van der Waals surface area contributed by atoms with Gasteiger partial charge in [-0.2, -0.15) is 0 Å². The van der Waals surface area contributed by atoms with Crippen molar-refractivity contribution < 1.29 is 0 Å². The summed E-state index contributed by atoms with van der Waals surface area (Å²) in [6, 6.07) is 0. The van der Waals surface area contributed by atoms with E-state index < -0.39 is 0 Å². The fraction of sp³-hybridized carbons (Fsp3) is 1.00. The standard InChI is InChI=1S/C42H89P3/c1-6-11-16-25-34-43(35-26-17-12-7-2)39-30-21-23-32-41-45(38-29-20-15-10-5)42-33-24-22-31-40-44(36-27-18-13-8-3)37-28-19-14-9-4/h6-42H2,1-5H3. The molecule has 0 aromatic carbocycles. The molecular formula is C42H89P3. The van der Waals surface area contributed by atoms with E-state index in [1.807, 2.05) is 0 Å². The first-order chi connectivity index (χ1) is 22.2. The average molecular weight is 687 g/mol. The third kappa shape index (κ3) is 34.9. The summed E-state index contributed by atoms with van der Waals surface area (Å²) in [5.74, 6) is 0. The van der Waals surface area contributed by atoms with E-state index >= 15 is 0 Å². The molecule has 0 saturated heterocycles. The van der Waals surface area contributed by atoms with Crippen molar-refractivity contribution in [3.8, 4) is 0 Å². The van der Waals surface area contributed by atoms with Gasteiger partial charge in [-0.1, -0.05) is 157 Å². The molecular weight excluding hydrogens is 597 g/mol. The first-order valence-electron chi connectivity index (χ1n) is 21.4. The molecule has 0 spiro atoms. The maximum Gasteiger partial charge on any atom is -0.0326 e. The number of hydrogen-bond acceptors (Lipinski definition) is 0. The van der Waals surface area contributed by atoms with E-state index in [0.29, 0.717) is 23.8 Å². The molecule has 0 fully saturated rings. The van der Waals surface area contributed by atoms with Crippen LogP contribution >= 0.6 is 23.8 Å². The van der Waals surface area contributed by atoms with E-state index in [0.717, 1.165) is 0 Å². The molecule has 0 heterocycles. The Kier molecular flexibility index (Phi) is 40.9. The summed E-state index contributed by atoms with van der Waals surface area (Å²) >= 11 is 0. The second-order valence-electron chi connectivity index (χ2n) is 14.7. The van der Waals surface area contributed by atoms with Crippen molar-refractivity contribution in [2.24, 2.45) is 0 Å². The lowest BCUT2D eigenvalue weighted by Gasteiger charge is -2.20. The first kappa shape index (κ1) is 46.3. The fourth-order valence-corrected chi connectivity index (χ4v) is 14.9. The molecule has 0 aliphatic rings. The Labute approximate surface area is 292 Å². The quantitative estimate of drug-likeness (QED) is 0.0446. The Morgan fingerprint density at radius 3 is 0.444 bits per heavy atom. The molecule has 0 amide bonds. The highest BCUT2D eigenvalue weighted by Gasteiger charge is 2.11. The van der Waals surface area contributed by atoms with Crippen molar-refractivity contribution >= 4 is 23.8 Å². The second kappa shape index (κ2) is 39.7. The van der Waals surface area contributed by atoms with Gasteiger partial charge in [-0.05, 0) is 113 Å². The summed E-state index contributed by atoms with van der Waals surface area (Å²) in [6.07, 6.45) is 55.9. The van der Waals surface area contributed by atoms with Crippen LogP contribution in [0.15, 0.2) is 0 Å². The van der Waals surface area contributed by atoms with E-state index in [4.69, 9.17) is 0 Å². The molecule has 0 bridgehead atoms. The fourth-order valence-electron chi connectivity index (χ4n) is 6.87. The third-order valence-electron chi connectivity index (χ3n) is 10.0. The summed E-state index contributed by atoms with van der Waals surface area (Å²) in [6.45, 7) is 11.8. The summed E-state index contributed by atoms with van der Waals surface area (Å²) in [5.41, 5.74) is 0. The Morgan fingerprint density at radius 2 is 0.311 bits per heavy atom. The molecule has 272 valence electrons. The molecule has 0 aliphatic carbocycles. The van der Waals surface area contributed by atoms with E-state index in [9.17, 15) is 0 Å². The van der Waals surface area contributed by atoms with Gasteiger partial charge in [0.05, 0.1) is 0 Å². The zero-order chi connectivity index (χ0) is 32.9. The molecule has 0 radical (unpaired) electrons. The van der Waals surface area contributed by atoms with E-state index in [1.54, 1.807) is 81.1 Å². The maximum atomic E-state index is 2.37. The summed E-state index contributed by atoms with van der Waals surface area (Å²) in [4.78, 5) is 0. The number of rotatable bonds is 39. The van der Waals surface area contributed by atoms with Crippen molar-refractivity contribution in [3.05, 3.63) is 0 Å². The van der Waals surface area contributed by atoms with Gasteiger partial charge in [0.15, 0.2) is 0 Å². The van der Waals surface area contributed by atoms with Gasteiger partial charge in [0.2, 0.25) is 0 Å². The Balaban J connectivity index is 4.34. The van der Waals surface area contributed by atoms with Gasteiger partial charge in [0.1, 0.15) is 0 Å². The SMILES string of the molecule is CCCCCCP(CCCCCC)CCCCCCP(CCCCCC)CCCCCCP(CCCCCC)CCCCCC. The lowest BCUT2D eigenvalue weighted by Crippen LogP contribution is -1.99. The Morgan fingerprint density at radius 1 is 0.178 bits per heavy atom. The predicted octanol–water partition coefficient (Wildman–Crippen LogP) is 16.5. The minimum atomic E-state index is 0.317. The molecule has 0 aromatic heterocycles. The molecule has 0 unspecified atom stereocenters. The topological polar surface area (TPSA) is 0 Å². The van der Waals surface area contributed by atoms with Gasteiger partial charge in [-0.3, -0.25) is 0 Å². The van der Waals surface area contributed by atoms with Crippen LogP contribution in [0.25, 0.3) is 0 Å². The van der Waals surface area contributed by atoms with E-state index in [-0.39, 0.29) is 0 Å². The molecule has 0 N–H and O–H groups in total. The summed E-state index contributed by atoms with van der Waals surface area (Å²) < 4.78 is 0. The van der Waals surface area contributed by atoms with Crippen LogP contribution in [0.5, 0.6) is 0 Å². The third-order valence-corrected chi connectivity index (χ3v) is 18.6. The molecule has 0 rings (SSSR count). The van der Waals surface area contributed by atoms with Crippen LogP contribution in [-0.4, -0.2) is 55.5 Å². The van der Waals surface area contributed by atoms with Gasteiger partial charge in [-0.15, -0.1) is 23.8 Å². The van der Waals surface area contributed by atoms with Crippen LogP contribution in [0.1, 0.15) is 214 Å². The molecule has 3 heteroatoms. The maximum absolute atomic E-state index is 2.37. The van der Waals surface area contributed by atoms with Crippen molar-refractivity contribution in [2.75, 3.05) is 55.5 Å². The van der Waals surface area contributed by atoms with Gasteiger partial charge >= 0.3 is 0 Å². The van der Waals surface area contributed by atoms with Crippen LogP contribution < -0.4 is 0 Å². The molecule has 0 saturated carbocycles. The van der Waals surface area contributed by atoms with Crippen LogP contribution in [0, 0.1) is 0 Å². The van der Waals surface area contributed by atoms with Crippen molar-refractivity contribution in [2.45, 2.75) is 214 Å². The first-order valence-corrected chi connectivity index (χ1v) is 27.1. The Bertz CT molecular complexity index is 460. The lowest BCUT2D eigenvalue weighted by molar-refractivity contribution is 0.682. The highest BCUT2D eigenvalue weighted by Crippen LogP contribution is 2.42. The van der Waals surface area contributed by atoms with Gasteiger partial charge in [-0.25, -0.2) is 0 Å². The molecule has 0 atom stereocenters. The molecule has 45 heavy (non-hydrogen) atoms. The smallest absolute Gasteiger partial charge is 0.0326 e. The molecule has 0 aromatic rings. The van der Waals surface area contributed by atoms with Gasteiger partial charge in [0, 0.05) is 0 Å². The number of unbranched alkanes of at least 4 members (excludes halogenated alkanes) is 21. The van der Waals surface area contributed by atoms with Crippen LogP contribution in [0.4, 0.5) is 0 Å². The van der Waals surface area contributed by atoms with Gasteiger partial charge < -0.3 is 0 Å². The van der Waals surface area contributed by atoms with Crippen molar-refractivity contribution in [1.29, 1.82) is 0 Å². The van der Waals surface area contributed by atoms with Crippen molar-refractivity contribution in [1.82, 2.24) is 0 Å². The zero-order valence-electron chi connectivity index (χ0n) is 32.5. The van der Waals surface area contributed by atoms with E-state index in [2.05, 4.69) is 34.6 Å². The second-order valence-corrected chi connectivity index (χ2v) is 22.7. The Hall–Kier alpha value is 1.29. The largest absolute Gasteiger partial charge is 0.107 e. The van der Waals surface area contributed by atoms with Crippen LogP contribution in [-0.2, 0) is 0 Å². The number of hydrogen-bond donors (Lipinski definition) is 0. The molecule has 0 aliphatic heterocycles. The summed E-state index contributed by atoms with van der Waals surface area (Å²) in [7, 11) is 0.993. The normalized spacial score (nSPS) is 12.0. The predicted molar refractivity (Wildman–Crippen MR) is 222 cm³/mol. The minimum Gasteiger partial charge on any atom is -0.107 e. The van der Waals surface area contributed by atoms with Gasteiger partial charge in [0.25, 0.3) is 0 Å². The van der Waals surface area contributed by atoms with Crippen LogP contribution in [0.3, 0.4) is 0 Å². The van der Waals surface area contributed by atoms with Crippen molar-refractivity contribution in [3.63, 3.8) is 0 Å². The lowest BCUT2D eigenvalue weighted by atomic mass is 10.2. The molecule has 0 nitrogen and oxygen atoms in total. The minimum absolute atomic E-state index is 0.317. The summed E-state index contributed by atoms with van der Waals surface area (Å²) in [5, 5.41) is 0. The highest BCUT2D eigenvalue weighted by molar-refractivity contribution is 7.58. The highest BCUT2D eigenvalue weighted by atomic mass is 31.1. The zero-order valence-corrected chi connectivity index (χ0v) is 35.2. The average Bonchev–Trinajstić information content (AvgIpc) is 3.05. The van der Waals surface area contributed by atoms with Crippen LogP contribution in [0.2, 0.25) is 0 Å².